The van der Waals surface area contributed by atoms with Crippen LogP contribution in [0.2, 0.25) is 0 Å². The Balaban J connectivity index is 2.35. The molecule has 6 heteroatoms. The van der Waals surface area contributed by atoms with Crippen LogP contribution < -0.4 is 5.32 Å². The van der Waals surface area contributed by atoms with Crippen molar-refractivity contribution in [3.8, 4) is 0 Å². The summed E-state index contributed by atoms with van der Waals surface area (Å²) in [5.41, 5.74) is 0.879. The Morgan fingerprint density at radius 3 is 2.53 bits per heavy atom. The van der Waals surface area contributed by atoms with Crippen LogP contribution in [0, 0.1) is 0 Å². The molecular weight excluding hydrogens is 314 g/mol. The van der Waals surface area contributed by atoms with Gasteiger partial charge in [-0.25, -0.2) is 4.79 Å². The topological polar surface area (TPSA) is 86.6 Å². The van der Waals surface area contributed by atoms with E-state index in [0.29, 0.717) is 0 Å². The molecule has 0 fully saturated rings. The van der Waals surface area contributed by atoms with Crippen LogP contribution in [0.25, 0.3) is 6.08 Å². The van der Waals surface area contributed by atoms with Crippen molar-refractivity contribution in [2.75, 3.05) is 6.54 Å². The van der Waals surface area contributed by atoms with Gasteiger partial charge in [0.15, 0.2) is 6.10 Å². The molecule has 0 aliphatic rings. The van der Waals surface area contributed by atoms with E-state index in [1.807, 2.05) is 24.3 Å². The summed E-state index contributed by atoms with van der Waals surface area (Å²) in [6.45, 7) is 0.108. The van der Waals surface area contributed by atoms with Gasteiger partial charge in [0.2, 0.25) is 5.91 Å². The van der Waals surface area contributed by atoms with Crippen LogP contribution in [0.1, 0.15) is 12.0 Å². The molecule has 1 aromatic rings. The minimum atomic E-state index is -1.45. The number of aliphatic hydroxyl groups excluding tert-OH is 1. The quantitative estimate of drug-likeness (QED) is 0.689. The molecule has 0 spiro atoms. The van der Waals surface area contributed by atoms with Gasteiger partial charge in [-0.15, -0.1) is 0 Å². The first-order valence-electron chi connectivity index (χ1n) is 5.61. The lowest BCUT2D eigenvalue weighted by atomic mass is 10.2. The van der Waals surface area contributed by atoms with E-state index in [1.165, 1.54) is 6.08 Å². The molecule has 0 bridgehead atoms. The number of nitrogens with one attached hydrogen (secondary N) is 1. The van der Waals surface area contributed by atoms with Crippen LogP contribution in [0.5, 0.6) is 0 Å². The van der Waals surface area contributed by atoms with Gasteiger partial charge in [-0.2, -0.15) is 0 Å². The van der Waals surface area contributed by atoms with Crippen molar-refractivity contribution in [1.29, 1.82) is 0 Å². The van der Waals surface area contributed by atoms with Crippen LogP contribution in [0.3, 0.4) is 0 Å². The molecule has 0 radical (unpaired) electrons. The highest BCUT2D eigenvalue weighted by Gasteiger charge is 2.12. The lowest BCUT2D eigenvalue weighted by Crippen LogP contribution is -2.28. The van der Waals surface area contributed by atoms with E-state index in [0.717, 1.165) is 10.0 Å². The maximum atomic E-state index is 11.4. The second kappa shape index (κ2) is 7.70. The minimum Gasteiger partial charge on any atom is -0.479 e. The molecule has 102 valence electrons. The Kier molecular flexibility index (Phi) is 6.24. The van der Waals surface area contributed by atoms with E-state index in [1.54, 1.807) is 6.08 Å². The summed E-state index contributed by atoms with van der Waals surface area (Å²) in [6, 6.07) is 7.42. The van der Waals surface area contributed by atoms with Crippen molar-refractivity contribution in [2.24, 2.45) is 0 Å². The Bertz CT molecular complexity index is 470. The maximum Gasteiger partial charge on any atom is 0.332 e. The smallest absolute Gasteiger partial charge is 0.332 e. The van der Waals surface area contributed by atoms with Crippen molar-refractivity contribution >= 4 is 33.9 Å². The average molecular weight is 328 g/mol. The zero-order chi connectivity index (χ0) is 14.3. The summed E-state index contributed by atoms with van der Waals surface area (Å²) in [5.74, 6) is -1.62. The predicted octanol–water partition coefficient (Wildman–Crippen LogP) is 1.41. The summed E-state index contributed by atoms with van der Waals surface area (Å²) >= 11 is 3.31. The van der Waals surface area contributed by atoms with E-state index in [9.17, 15) is 9.59 Å². The number of aliphatic carboxylic acids is 1. The molecule has 1 aromatic carbocycles. The highest BCUT2D eigenvalue weighted by Crippen LogP contribution is 2.11. The molecule has 0 saturated heterocycles. The molecule has 0 aliphatic carbocycles. The van der Waals surface area contributed by atoms with Gasteiger partial charge >= 0.3 is 5.97 Å². The lowest BCUT2D eigenvalue weighted by Gasteiger charge is -2.05. The molecule has 0 heterocycles. The summed E-state index contributed by atoms with van der Waals surface area (Å²) < 4.78 is 0.955. The number of benzene rings is 1. The molecule has 0 aromatic heterocycles. The van der Waals surface area contributed by atoms with E-state index in [-0.39, 0.29) is 18.9 Å². The number of aliphatic hydroxyl groups is 1. The normalized spacial score (nSPS) is 12.3. The monoisotopic (exact) mass is 327 g/mol. The number of carbonyl (C=O) groups excluding carboxylic acids is 1. The molecule has 3 N–H and O–H groups in total. The number of carbonyl (C=O) groups is 2. The average Bonchev–Trinajstić information content (AvgIpc) is 2.37. The molecule has 19 heavy (non-hydrogen) atoms. The molecule has 5 nitrogen and oxygen atoms in total. The fourth-order valence-corrected chi connectivity index (χ4v) is 1.52. The zero-order valence-electron chi connectivity index (χ0n) is 10.0. The van der Waals surface area contributed by atoms with Gasteiger partial charge in [-0.1, -0.05) is 28.1 Å². The van der Waals surface area contributed by atoms with Crippen LogP contribution in [0.4, 0.5) is 0 Å². The summed E-state index contributed by atoms with van der Waals surface area (Å²) in [5, 5.41) is 19.9. The van der Waals surface area contributed by atoms with E-state index in [2.05, 4.69) is 21.2 Å². The first kappa shape index (κ1) is 15.4. The molecule has 1 rings (SSSR count). The second-order valence-electron chi connectivity index (χ2n) is 3.82. The number of hydrogen-bond acceptors (Lipinski definition) is 3. The van der Waals surface area contributed by atoms with Gasteiger partial charge in [-0.3, -0.25) is 4.79 Å². The summed E-state index contributed by atoms with van der Waals surface area (Å²) in [7, 11) is 0. The maximum absolute atomic E-state index is 11.4. The van der Waals surface area contributed by atoms with E-state index in [4.69, 9.17) is 10.2 Å². The van der Waals surface area contributed by atoms with Crippen molar-refractivity contribution in [3.63, 3.8) is 0 Å². The Labute approximate surface area is 119 Å². The molecule has 1 amide bonds. The number of carboxylic acid groups (broad SMARTS) is 1. The minimum absolute atomic E-state index is 0.0206. The number of amides is 1. The van der Waals surface area contributed by atoms with Gasteiger partial charge in [0.05, 0.1) is 0 Å². The van der Waals surface area contributed by atoms with E-state index >= 15 is 0 Å². The van der Waals surface area contributed by atoms with Gasteiger partial charge in [0.25, 0.3) is 0 Å². The molecular formula is C13H14BrNO4. The number of halogens is 1. The van der Waals surface area contributed by atoms with Gasteiger partial charge in [0.1, 0.15) is 0 Å². The first-order chi connectivity index (χ1) is 8.99. The van der Waals surface area contributed by atoms with Gasteiger partial charge in [0, 0.05) is 23.5 Å². The van der Waals surface area contributed by atoms with Crippen LogP contribution in [-0.2, 0) is 9.59 Å². The first-order valence-corrected chi connectivity index (χ1v) is 6.40. The highest BCUT2D eigenvalue weighted by molar-refractivity contribution is 9.10. The van der Waals surface area contributed by atoms with Gasteiger partial charge in [-0.05, 0) is 23.8 Å². The third kappa shape index (κ3) is 6.17. The van der Waals surface area contributed by atoms with Crippen LogP contribution in [0.15, 0.2) is 34.8 Å². The Hall–Kier alpha value is -1.66. The van der Waals surface area contributed by atoms with Crippen molar-refractivity contribution in [2.45, 2.75) is 12.5 Å². The number of carboxylic acids is 1. The third-order valence-corrected chi connectivity index (χ3v) is 2.83. The summed E-state index contributed by atoms with van der Waals surface area (Å²) in [6.07, 6.45) is 1.54. The van der Waals surface area contributed by atoms with Gasteiger partial charge < -0.3 is 15.5 Å². The molecule has 1 atom stereocenters. The van der Waals surface area contributed by atoms with Crippen LogP contribution in [-0.4, -0.2) is 34.7 Å². The fourth-order valence-electron chi connectivity index (χ4n) is 1.26. The zero-order valence-corrected chi connectivity index (χ0v) is 11.6. The van der Waals surface area contributed by atoms with Crippen LogP contribution >= 0.6 is 15.9 Å². The molecule has 1 unspecified atom stereocenters. The Morgan fingerprint density at radius 2 is 1.95 bits per heavy atom. The van der Waals surface area contributed by atoms with Crippen molar-refractivity contribution < 1.29 is 19.8 Å². The fraction of sp³-hybridized carbons (Fsp3) is 0.231. The number of hydrogen-bond donors (Lipinski definition) is 3. The van der Waals surface area contributed by atoms with E-state index < -0.39 is 12.1 Å². The molecule has 0 aliphatic heterocycles. The predicted molar refractivity (Wildman–Crippen MR) is 74.4 cm³/mol. The molecule has 0 saturated carbocycles. The lowest BCUT2D eigenvalue weighted by molar-refractivity contribution is -0.147. The SMILES string of the molecule is O=C(/C=C/c1ccc(Br)cc1)NCCC(O)C(=O)O. The largest absolute Gasteiger partial charge is 0.479 e. The summed E-state index contributed by atoms with van der Waals surface area (Å²) in [4.78, 5) is 21.7. The second-order valence-corrected chi connectivity index (χ2v) is 4.73. The Morgan fingerprint density at radius 1 is 1.32 bits per heavy atom. The highest BCUT2D eigenvalue weighted by atomic mass is 79.9. The van der Waals surface area contributed by atoms with Crippen molar-refractivity contribution in [1.82, 2.24) is 5.32 Å². The standard InChI is InChI=1S/C13H14BrNO4/c14-10-4-1-9(2-5-10)3-6-12(17)15-8-7-11(16)13(18)19/h1-6,11,16H,7-8H2,(H,15,17)(H,18,19)/b6-3+. The van der Waals surface area contributed by atoms with Crippen molar-refractivity contribution in [3.05, 3.63) is 40.4 Å². The number of rotatable bonds is 6. The third-order valence-electron chi connectivity index (χ3n) is 2.30.